The third kappa shape index (κ3) is 7.41. The third-order valence-corrected chi connectivity index (χ3v) is 3.62. The fourth-order valence-electron chi connectivity index (χ4n) is 1.63. The van der Waals surface area contributed by atoms with Crippen LogP contribution in [0.15, 0.2) is 18.2 Å². The van der Waals surface area contributed by atoms with Crippen LogP contribution in [0.3, 0.4) is 0 Å². The van der Waals surface area contributed by atoms with Gasteiger partial charge in [0.05, 0.1) is 11.5 Å². The van der Waals surface area contributed by atoms with Gasteiger partial charge in [0.15, 0.2) is 0 Å². The number of amides is 1. The van der Waals surface area contributed by atoms with Crippen LogP contribution < -0.4 is 5.32 Å². The molecule has 0 bridgehead atoms. The van der Waals surface area contributed by atoms with Gasteiger partial charge in [-0.15, -0.1) is 11.3 Å². The number of rotatable bonds is 7. The van der Waals surface area contributed by atoms with Crippen molar-refractivity contribution in [2.45, 2.75) is 39.7 Å². The lowest BCUT2D eigenvalue weighted by molar-refractivity contribution is -0.137. The smallest absolute Gasteiger partial charge is 0.407 e. The van der Waals surface area contributed by atoms with Gasteiger partial charge in [0.25, 0.3) is 5.78 Å². The van der Waals surface area contributed by atoms with Crippen LogP contribution in [0.5, 0.6) is 0 Å². The maximum atomic E-state index is 11.8. The van der Waals surface area contributed by atoms with E-state index in [2.05, 4.69) is 10.1 Å². The number of Topliss-reactive ketones (excluding diaryl/α,β-unsaturated/α-hetero) is 1. The molecule has 1 N–H and O–H groups in total. The highest BCUT2D eigenvalue weighted by Crippen LogP contribution is 2.19. The lowest BCUT2D eigenvalue weighted by Gasteiger charge is -2.19. The molecule has 0 aliphatic rings. The Morgan fingerprint density at radius 3 is 2.58 bits per heavy atom. The monoisotopic (exact) mass is 353 g/mol. The summed E-state index contributed by atoms with van der Waals surface area (Å²) in [5, 5.41) is 2.65. The minimum Gasteiger partial charge on any atom is -0.460 e. The number of thiophene rings is 1. The number of carbonyl (C=O) groups excluding carboxylic acids is 3. The first kappa shape index (κ1) is 19.9. The minimum atomic E-state index is -0.837. The zero-order chi connectivity index (χ0) is 18.2. The fraction of sp³-hybridized carbons (Fsp3) is 0.471. The SMILES string of the molecule is CCOC(=O)C(=O)c1ccc(C=CCCNC(=O)OC(C)(C)C)s1. The second-order valence-corrected chi connectivity index (χ2v) is 6.99. The maximum absolute atomic E-state index is 11.8. The molecular formula is C17H23NO5S. The van der Waals surface area contributed by atoms with E-state index in [4.69, 9.17) is 4.74 Å². The van der Waals surface area contributed by atoms with E-state index in [1.807, 2.05) is 12.2 Å². The lowest BCUT2D eigenvalue weighted by atomic mass is 10.2. The van der Waals surface area contributed by atoms with E-state index in [0.29, 0.717) is 17.8 Å². The Morgan fingerprint density at radius 2 is 1.96 bits per heavy atom. The quantitative estimate of drug-likeness (QED) is 0.351. The molecule has 0 aliphatic carbocycles. The highest BCUT2D eigenvalue weighted by Gasteiger charge is 2.19. The van der Waals surface area contributed by atoms with Crippen molar-refractivity contribution in [1.29, 1.82) is 0 Å². The van der Waals surface area contributed by atoms with Crippen LogP contribution in [0.2, 0.25) is 0 Å². The number of ether oxygens (including phenoxy) is 2. The number of nitrogens with one attached hydrogen (secondary N) is 1. The van der Waals surface area contributed by atoms with Gasteiger partial charge in [0.2, 0.25) is 0 Å². The topological polar surface area (TPSA) is 81.7 Å². The van der Waals surface area contributed by atoms with Crippen molar-refractivity contribution in [2.24, 2.45) is 0 Å². The van der Waals surface area contributed by atoms with Crippen LogP contribution in [0.25, 0.3) is 6.08 Å². The Balaban J connectivity index is 2.40. The summed E-state index contributed by atoms with van der Waals surface area (Å²) in [5.41, 5.74) is -0.515. The van der Waals surface area contributed by atoms with Crippen molar-refractivity contribution in [2.75, 3.05) is 13.2 Å². The molecule has 0 spiro atoms. The molecule has 0 atom stereocenters. The second-order valence-electron chi connectivity index (χ2n) is 5.87. The average Bonchev–Trinajstić information content (AvgIpc) is 2.93. The van der Waals surface area contributed by atoms with Crippen molar-refractivity contribution in [3.05, 3.63) is 28.0 Å². The Labute approximate surface area is 145 Å². The first-order chi connectivity index (χ1) is 11.2. The van der Waals surface area contributed by atoms with Crippen molar-refractivity contribution < 1.29 is 23.9 Å². The maximum Gasteiger partial charge on any atom is 0.407 e. The van der Waals surface area contributed by atoms with Crippen LogP contribution in [0, 0.1) is 0 Å². The van der Waals surface area contributed by atoms with Crippen LogP contribution in [-0.4, -0.2) is 36.6 Å². The van der Waals surface area contributed by atoms with Crippen LogP contribution in [-0.2, 0) is 14.3 Å². The Kier molecular flexibility index (Phi) is 7.64. The van der Waals surface area contributed by atoms with E-state index >= 15 is 0 Å². The highest BCUT2D eigenvalue weighted by molar-refractivity contribution is 7.15. The van der Waals surface area contributed by atoms with Gasteiger partial charge in [0.1, 0.15) is 5.60 Å². The molecule has 1 rings (SSSR count). The van der Waals surface area contributed by atoms with Gasteiger partial charge in [-0.25, -0.2) is 9.59 Å². The lowest BCUT2D eigenvalue weighted by Crippen LogP contribution is -2.32. The second kappa shape index (κ2) is 9.22. The molecule has 0 saturated carbocycles. The number of esters is 1. The number of hydrogen-bond acceptors (Lipinski definition) is 6. The number of ketones is 1. The summed E-state index contributed by atoms with van der Waals surface area (Å²) in [6.07, 6.45) is 3.89. The van der Waals surface area contributed by atoms with E-state index in [1.54, 1.807) is 39.8 Å². The van der Waals surface area contributed by atoms with Gasteiger partial charge in [0, 0.05) is 11.4 Å². The summed E-state index contributed by atoms with van der Waals surface area (Å²) >= 11 is 1.22. The van der Waals surface area contributed by atoms with Crippen LogP contribution in [0.1, 0.15) is 48.7 Å². The van der Waals surface area contributed by atoms with Gasteiger partial charge >= 0.3 is 12.1 Å². The predicted octanol–water partition coefficient (Wildman–Crippen LogP) is 3.42. The summed E-state index contributed by atoms with van der Waals surface area (Å²) in [6, 6.07) is 3.36. The third-order valence-electron chi connectivity index (χ3n) is 2.57. The van der Waals surface area contributed by atoms with Crippen LogP contribution in [0.4, 0.5) is 4.79 Å². The fourth-order valence-corrected chi connectivity index (χ4v) is 2.50. The van der Waals surface area contributed by atoms with Crippen molar-refractivity contribution in [1.82, 2.24) is 5.32 Å². The van der Waals surface area contributed by atoms with E-state index in [1.165, 1.54) is 11.3 Å². The molecule has 0 fully saturated rings. The number of carbonyl (C=O) groups is 3. The van der Waals surface area contributed by atoms with Gasteiger partial charge < -0.3 is 14.8 Å². The predicted molar refractivity (Wildman–Crippen MR) is 93.2 cm³/mol. The molecule has 0 saturated heterocycles. The Bertz CT molecular complexity index is 613. The van der Waals surface area contributed by atoms with Crippen LogP contribution >= 0.6 is 11.3 Å². The molecule has 6 nitrogen and oxygen atoms in total. The first-order valence-electron chi connectivity index (χ1n) is 7.67. The summed E-state index contributed by atoms with van der Waals surface area (Å²) in [7, 11) is 0. The van der Waals surface area contributed by atoms with E-state index < -0.39 is 23.4 Å². The summed E-state index contributed by atoms with van der Waals surface area (Å²) in [6.45, 7) is 7.69. The zero-order valence-electron chi connectivity index (χ0n) is 14.4. The van der Waals surface area contributed by atoms with Crippen molar-refractivity contribution in [3.63, 3.8) is 0 Å². The number of alkyl carbamates (subject to hydrolysis) is 1. The molecule has 7 heteroatoms. The van der Waals surface area contributed by atoms with E-state index in [0.717, 1.165) is 4.88 Å². The first-order valence-corrected chi connectivity index (χ1v) is 8.49. The summed E-state index contributed by atoms with van der Waals surface area (Å²) in [4.78, 5) is 35.8. The minimum absolute atomic E-state index is 0.174. The van der Waals surface area contributed by atoms with Crippen molar-refractivity contribution in [3.8, 4) is 0 Å². The Hall–Kier alpha value is -2.15. The molecular weight excluding hydrogens is 330 g/mol. The highest BCUT2D eigenvalue weighted by atomic mass is 32.1. The largest absolute Gasteiger partial charge is 0.460 e. The molecule has 1 amide bonds. The van der Waals surface area contributed by atoms with E-state index in [-0.39, 0.29) is 6.61 Å². The molecule has 1 heterocycles. The van der Waals surface area contributed by atoms with Gasteiger partial charge in [-0.1, -0.05) is 6.08 Å². The molecule has 0 aliphatic heterocycles. The molecule has 1 aromatic heterocycles. The number of hydrogen-bond donors (Lipinski definition) is 1. The molecule has 1 aromatic rings. The molecule has 0 radical (unpaired) electrons. The standard InChI is InChI=1S/C17H23NO5S/c1-5-22-15(20)14(19)13-10-9-12(24-13)8-6-7-11-18-16(21)23-17(2,3)4/h6,8-10H,5,7,11H2,1-4H3,(H,18,21). The van der Waals surface area contributed by atoms with E-state index in [9.17, 15) is 14.4 Å². The summed E-state index contributed by atoms with van der Waals surface area (Å²) in [5.74, 6) is -1.47. The molecule has 0 aromatic carbocycles. The van der Waals surface area contributed by atoms with Gasteiger partial charge in [-0.05, 0) is 52.3 Å². The normalized spacial score (nSPS) is 11.3. The molecule has 24 heavy (non-hydrogen) atoms. The Morgan fingerprint density at radius 1 is 1.25 bits per heavy atom. The van der Waals surface area contributed by atoms with Gasteiger partial charge in [-0.3, -0.25) is 4.79 Å². The summed E-state index contributed by atoms with van der Waals surface area (Å²) < 4.78 is 9.81. The molecule has 0 unspecified atom stereocenters. The molecule has 132 valence electrons. The van der Waals surface area contributed by atoms with Crippen molar-refractivity contribution >= 4 is 35.3 Å². The zero-order valence-corrected chi connectivity index (χ0v) is 15.2. The average molecular weight is 353 g/mol. The van der Waals surface area contributed by atoms with Gasteiger partial charge in [-0.2, -0.15) is 0 Å².